The van der Waals surface area contributed by atoms with Crippen molar-refractivity contribution in [3.8, 4) is 11.5 Å². The van der Waals surface area contributed by atoms with Gasteiger partial charge in [0.25, 0.3) is 5.91 Å². The van der Waals surface area contributed by atoms with Crippen LogP contribution in [-0.2, 0) is 4.79 Å². The van der Waals surface area contributed by atoms with Crippen LogP contribution >= 0.6 is 0 Å². The van der Waals surface area contributed by atoms with Gasteiger partial charge in [0.2, 0.25) is 5.91 Å². The highest BCUT2D eigenvalue weighted by Gasteiger charge is 2.29. The third kappa shape index (κ3) is 4.65. The van der Waals surface area contributed by atoms with Crippen LogP contribution in [-0.4, -0.2) is 43.0 Å². The van der Waals surface area contributed by atoms with Crippen molar-refractivity contribution in [2.24, 2.45) is 5.92 Å². The molecular formula is C21H26N2O5. The Labute approximate surface area is 164 Å². The van der Waals surface area contributed by atoms with Crippen LogP contribution in [0.3, 0.4) is 0 Å². The molecule has 1 aromatic carbocycles. The van der Waals surface area contributed by atoms with E-state index in [9.17, 15) is 9.59 Å². The zero-order valence-electron chi connectivity index (χ0n) is 16.3. The van der Waals surface area contributed by atoms with Gasteiger partial charge in [-0.25, -0.2) is 0 Å². The van der Waals surface area contributed by atoms with E-state index in [0.717, 1.165) is 0 Å². The molecule has 2 amide bonds. The first-order valence-corrected chi connectivity index (χ1v) is 9.65. The Balaban J connectivity index is 1.61. The number of anilines is 1. The topological polar surface area (TPSA) is 81.0 Å². The van der Waals surface area contributed by atoms with Gasteiger partial charge in [-0.3, -0.25) is 9.59 Å². The summed E-state index contributed by atoms with van der Waals surface area (Å²) >= 11 is 0. The SMILES string of the molecule is CCOc1ccc(OCC)c(NC(=O)C2CCN(C(=O)c3ccco3)CC2)c1. The summed E-state index contributed by atoms with van der Waals surface area (Å²) in [6.07, 6.45) is 2.70. The number of piperidine rings is 1. The van der Waals surface area contributed by atoms with Gasteiger partial charge in [0.15, 0.2) is 5.76 Å². The number of hydrogen-bond acceptors (Lipinski definition) is 5. The smallest absolute Gasteiger partial charge is 0.289 e. The van der Waals surface area contributed by atoms with Crippen molar-refractivity contribution in [1.82, 2.24) is 4.90 Å². The van der Waals surface area contributed by atoms with Gasteiger partial charge in [-0.2, -0.15) is 0 Å². The van der Waals surface area contributed by atoms with Crippen LogP contribution in [0.25, 0.3) is 0 Å². The maximum Gasteiger partial charge on any atom is 0.289 e. The third-order valence-electron chi connectivity index (χ3n) is 4.70. The number of benzene rings is 1. The van der Waals surface area contributed by atoms with Crippen LogP contribution in [0.2, 0.25) is 0 Å². The number of carbonyl (C=O) groups excluding carboxylic acids is 2. The second kappa shape index (κ2) is 9.30. The van der Waals surface area contributed by atoms with E-state index >= 15 is 0 Å². The summed E-state index contributed by atoms with van der Waals surface area (Å²) in [6.45, 7) is 5.90. The number of nitrogens with one attached hydrogen (secondary N) is 1. The highest BCUT2D eigenvalue weighted by atomic mass is 16.5. The van der Waals surface area contributed by atoms with Crippen molar-refractivity contribution in [2.45, 2.75) is 26.7 Å². The molecule has 0 bridgehead atoms. The molecule has 7 heteroatoms. The predicted molar refractivity (Wildman–Crippen MR) is 105 cm³/mol. The van der Waals surface area contributed by atoms with E-state index < -0.39 is 0 Å². The summed E-state index contributed by atoms with van der Waals surface area (Å²) in [6, 6.07) is 8.75. The van der Waals surface area contributed by atoms with Crippen LogP contribution in [0.15, 0.2) is 41.0 Å². The quantitative estimate of drug-likeness (QED) is 0.787. The predicted octanol–water partition coefficient (Wildman–Crippen LogP) is 3.57. The van der Waals surface area contributed by atoms with Crippen LogP contribution in [0.4, 0.5) is 5.69 Å². The second-order valence-corrected chi connectivity index (χ2v) is 6.56. The zero-order valence-corrected chi connectivity index (χ0v) is 16.3. The number of rotatable bonds is 7. The van der Waals surface area contributed by atoms with Crippen molar-refractivity contribution in [3.63, 3.8) is 0 Å². The first-order chi connectivity index (χ1) is 13.6. The monoisotopic (exact) mass is 386 g/mol. The van der Waals surface area contributed by atoms with E-state index in [2.05, 4.69) is 5.32 Å². The molecule has 3 rings (SSSR count). The molecule has 1 fully saturated rings. The van der Waals surface area contributed by atoms with Gasteiger partial charge in [-0.15, -0.1) is 0 Å². The molecule has 1 N–H and O–H groups in total. The first-order valence-electron chi connectivity index (χ1n) is 9.65. The molecule has 0 aliphatic carbocycles. The fourth-order valence-corrected chi connectivity index (χ4v) is 3.28. The summed E-state index contributed by atoms with van der Waals surface area (Å²) in [5.74, 6) is 1.26. The van der Waals surface area contributed by atoms with Crippen LogP contribution in [0, 0.1) is 5.92 Å². The Morgan fingerprint density at radius 2 is 1.89 bits per heavy atom. The Morgan fingerprint density at radius 1 is 1.14 bits per heavy atom. The first kappa shape index (κ1) is 19.8. The van der Waals surface area contributed by atoms with Gasteiger partial charge in [0.05, 0.1) is 25.2 Å². The number of carbonyl (C=O) groups is 2. The van der Waals surface area contributed by atoms with Gasteiger partial charge in [-0.1, -0.05) is 0 Å². The van der Waals surface area contributed by atoms with Gasteiger partial charge in [0.1, 0.15) is 11.5 Å². The van der Waals surface area contributed by atoms with Crippen molar-refractivity contribution in [1.29, 1.82) is 0 Å². The molecule has 2 aromatic rings. The van der Waals surface area contributed by atoms with Crippen molar-refractivity contribution < 1.29 is 23.5 Å². The number of likely N-dealkylation sites (tertiary alicyclic amines) is 1. The number of amides is 2. The molecule has 1 saturated heterocycles. The lowest BCUT2D eigenvalue weighted by Crippen LogP contribution is -2.41. The molecule has 7 nitrogen and oxygen atoms in total. The average Bonchev–Trinajstić information content (AvgIpc) is 3.25. The summed E-state index contributed by atoms with van der Waals surface area (Å²) in [7, 11) is 0. The van der Waals surface area contributed by atoms with Crippen molar-refractivity contribution in [2.75, 3.05) is 31.6 Å². The molecule has 0 saturated carbocycles. The van der Waals surface area contributed by atoms with Crippen LogP contribution < -0.4 is 14.8 Å². The summed E-state index contributed by atoms with van der Waals surface area (Å²) in [5.41, 5.74) is 0.604. The standard InChI is InChI=1S/C21H26N2O5/c1-3-26-16-7-8-18(27-4-2)17(14-16)22-20(24)15-9-11-23(12-10-15)21(25)19-6-5-13-28-19/h5-8,13-15H,3-4,9-12H2,1-2H3,(H,22,24). The van der Waals surface area contributed by atoms with Crippen LogP contribution in [0.5, 0.6) is 11.5 Å². The summed E-state index contributed by atoms with van der Waals surface area (Å²) in [5, 5.41) is 2.97. The fraction of sp³-hybridized carbons (Fsp3) is 0.429. The average molecular weight is 386 g/mol. The lowest BCUT2D eigenvalue weighted by molar-refractivity contribution is -0.121. The van der Waals surface area contributed by atoms with Crippen molar-refractivity contribution in [3.05, 3.63) is 42.4 Å². The van der Waals surface area contributed by atoms with Crippen LogP contribution in [0.1, 0.15) is 37.2 Å². The van der Waals surface area contributed by atoms with Crippen molar-refractivity contribution >= 4 is 17.5 Å². The van der Waals surface area contributed by atoms with E-state index in [1.165, 1.54) is 6.26 Å². The molecule has 2 heterocycles. The number of nitrogens with zero attached hydrogens (tertiary/aromatic N) is 1. The number of hydrogen-bond donors (Lipinski definition) is 1. The second-order valence-electron chi connectivity index (χ2n) is 6.56. The molecule has 0 spiro atoms. The van der Waals surface area contributed by atoms with E-state index in [1.54, 1.807) is 29.2 Å². The maximum atomic E-state index is 12.8. The van der Waals surface area contributed by atoms with E-state index in [-0.39, 0.29) is 17.7 Å². The number of furan rings is 1. The normalized spacial score (nSPS) is 14.6. The Morgan fingerprint density at radius 3 is 2.54 bits per heavy atom. The highest BCUT2D eigenvalue weighted by molar-refractivity contribution is 5.95. The minimum atomic E-state index is -0.161. The van der Waals surface area contributed by atoms with E-state index in [1.807, 2.05) is 19.9 Å². The Bertz CT molecular complexity index is 795. The minimum absolute atomic E-state index is 0.0697. The highest BCUT2D eigenvalue weighted by Crippen LogP contribution is 2.31. The van der Waals surface area contributed by atoms with Gasteiger partial charge in [-0.05, 0) is 51.0 Å². The lowest BCUT2D eigenvalue weighted by atomic mass is 9.95. The molecule has 1 aromatic heterocycles. The van der Waals surface area contributed by atoms with E-state index in [0.29, 0.717) is 62.1 Å². The Hall–Kier alpha value is -2.96. The largest absolute Gasteiger partial charge is 0.494 e. The molecule has 0 unspecified atom stereocenters. The zero-order chi connectivity index (χ0) is 19.9. The molecule has 28 heavy (non-hydrogen) atoms. The lowest BCUT2D eigenvalue weighted by Gasteiger charge is -2.30. The molecule has 0 radical (unpaired) electrons. The maximum absolute atomic E-state index is 12.8. The third-order valence-corrected chi connectivity index (χ3v) is 4.70. The summed E-state index contributed by atoms with van der Waals surface area (Å²) in [4.78, 5) is 26.8. The molecule has 0 atom stereocenters. The molecule has 1 aliphatic heterocycles. The Kier molecular flexibility index (Phi) is 6.57. The molecular weight excluding hydrogens is 360 g/mol. The van der Waals surface area contributed by atoms with Gasteiger partial charge < -0.3 is 24.1 Å². The number of ether oxygens (including phenoxy) is 2. The fourth-order valence-electron chi connectivity index (χ4n) is 3.28. The van der Waals surface area contributed by atoms with E-state index in [4.69, 9.17) is 13.9 Å². The summed E-state index contributed by atoms with van der Waals surface area (Å²) < 4.78 is 16.3. The van der Waals surface area contributed by atoms with Gasteiger partial charge >= 0.3 is 0 Å². The van der Waals surface area contributed by atoms with Gasteiger partial charge in [0, 0.05) is 25.1 Å². The minimum Gasteiger partial charge on any atom is -0.494 e. The molecule has 1 aliphatic rings. The molecule has 150 valence electrons.